The van der Waals surface area contributed by atoms with Gasteiger partial charge >= 0.3 is 5.69 Å². The number of anilines is 1. The summed E-state index contributed by atoms with van der Waals surface area (Å²) < 4.78 is 19.3. The highest BCUT2D eigenvalue weighted by Gasteiger charge is 2.31. The summed E-state index contributed by atoms with van der Waals surface area (Å²) in [5.41, 5.74) is -0.0886. The van der Waals surface area contributed by atoms with Gasteiger partial charge in [-0.05, 0) is 32.3 Å². The van der Waals surface area contributed by atoms with E-state index in [0.29, 0.717) is 12.3 Å². The fourth-order valence-corrected chi connectivity index (χ4v) is 2.48. The molecule has 1 saturated heterocycles. The first-order valence-corrected chi connectivity index (χ1v) is 6.78. The molecule has 20 heavy (non-hydrogen) atoms. The number of nitro benzene ring substituents is 1. The standard InChI is InChI=1S/C14H19FN2O3/c1-3-14(2)9-11(6-7-20-14)16-10-4-5-13(17(18)19)12(15)8-10/h4-5,8,11,16H,3,6-7,9H2,1-2H3. The van der Waals surface area contributed by atoms with Crippen LogP contribution in [0.4, 0.5) is 15.8 Å². The van der Waals surface area contributed by atoms with Gasteiger partial charge in [0.15, 0.2) is 0 Å². The SMILES string of the molecule is CCC1(C)CC(Nc2ccc([N+](=O)[O-])c(F)c2)CCO1. The van der Waals surface area contributed by atoms with Crippen molar-refractivity contribution in [3.63, 3.8) is 0 Å². The molecule has 0 saturated carbocycles. The van der Waals surface area contributed by atoms with Crippen LogP contribution in [0.1, 0.15) is 33.1 Å². The Morgan fingerprint density at radius 2 is 2.35 bits per heavy atom. The zero-order valence-electron chi connectivity index (χ0n) is 11.7. The first-order chi connectivity index (χ1) is 9.43. The van der Waals surface area contributed by atoms with Crippen LogP contribution in [-0.2, 0) is 4.74 Å². The number of hydrogen-bond acceptors (Lipinski definition) is 4. The molecule has 1 fully saturated rings. The van der Waals surface area contributed by atoms with Crippen molar-refractivity contribution in [3.05, 3.63) is 34.1 Å². The maximum atomic E-state index is 13.6. The molecule has 0 amide bonds. The molecule has 0 aliphatic carbocycles. The average molecular weight is 282 g/mol. The van der Waals surface area contributed by atoms with Crippen LogP contribution in [0.15, 0.2) is 18.2 Å². The summed E-state index contributed by atoms with van der Waals surface area (Å²) in [5, 5.41) is 13.8. The second-order valence-electron chi connectivity index (χ2n) is 5.41. The molecule has 110 valence electrons. The van der Waals surface area contributed by atoms with Crippen LogP contribution < -0.4 is 5.32 Å². The van der Waals surface area contributed by atoms with E-state index >= 15 is 0 Å². The van der Waals surface area contributed by atoms with Crippen molar-refractivity contribution in [2.45, 2.75) is 44.8 Å². The molecule has 2 unspecified atom stereocenters. The second kappa shape index (κ2) is 5.75. The van der Waals surface area contributed by atoms with Crippen molar-refractivity contribution in [2.24, 2.45) is 0 Å². The summed E-state index contributed by atoms with van der Waals surface area (Å²) in [6, 6.07) is 4.10. The number of nitrogens with zero attached hydrogens (tertiary/aromatic N) is 1. The quantitative estimate of drug-likeness (QED) is 0.678. The van der Waals surface area contributed by atoms with Gasteiger partial charge < -0.3 is 10.1 Å². The molecule has 1 aromatic rings. The van der Waals surface area contributed by atoms with Crippen LogP contribution in [0.5, 0.6) is 0 Å². The molecular weight excluding hydrogens is 263 g/mol. The van der Waals surface area contributed by atoms with Crippen molar-refractivity contribution in [3.8, 4) is 0 Å². The molecule has 2 rings (SSSR count). The van der Waals surface area contributed by atoms with E-state index in [9.17, 15) is 14.5 Å². The molecule has 1 N–H and O–H groups in total. The minimum atomic E-state index is -0.815. The summed E-state index contributed by atoms with van der Waals surface area (Å²) in [5.74, 6) is -0.815. The van der Waals surface area contributed by atoms with E-state index in [2.05, 4.69) is 19.2 Å². The smallest absolute Gasteiger partial charge is 0.304 e. The zero-order chi connectivity index (χ0) is 14.8. The largest absolute Gasteiger partial charge is 0.382 e. The lowest BCUT2D eigenvalue weighted by Gasteiger charge is -2.38. The minimum absolute atomic E-state index is 0.158. The molecule has 1 heterocycles. The zero-order valence-corrected chi connectivity index (χ0v) is 11.7. The Morgan fingerprint density at radius 3 is 2.95 bits per heavy atom. The summed E-state index contributed by atoms with van der Waals surface area (Å²) in [7, 11) is 0. The highest BCUT2D eigenvalue weighted by atomic mass is 19.1. The van der Waals surface area contributed by atoms with Gasteiger partial charge in [-0.2, -0.15) is 4.39 Å². The third kappa shape index (κ3) is 3.25. The highest BCUT2D eigenvalue weighted by Crippen LogP contribution is 2.30. The van der Waals surface area contributed by atoms with E-state index in [-0.39, 0.29) is 11.6 Å². The van der Waals surface area contributed by atoms with E-state index in [4.69, 9.17) is 4.74 Å². The molecule has 0 aromatic heterocycles. The van der Waals surface area contributed by atoms with Crippen LogP contribution >= 0.6 is 0 Å². The minimum Gasteiger partial charge on any atom is -0.382 e. The number of nitrogens with one attached hydrogen (secondary N) is 1. The molecule has 1 aliphatic heterocycles. The average Bonchev–Trinajstić information content (AvgIpc) is 2.38. The lowest BCUT2D eigenvalue weighted by Crippen LogP contribution is -2.41. The van der Waals surface area contributed by atoms with E-state index in [1.807, 2.05) is 0 Å². The Kier molecular flexibility index (Phi) is 4.23. The first-order valence-electron chi connectivity index (χ1n) is 6.78. The molecule has 1 aliphatic rings. The summed E-state index contributed by atoms with van der Waals surface area (Å²) in [4.78, 5) is 9.86. The first kappa shape index (κ1) is 14.7. The van der Waals surface area contributed by atoms with Gasteiger partial charge in [-0.1, -0.05) is 6.92 Å². The predicted octanol–water partition coefficient (Wildman–Crippen LogP) is 3.49. The van der Waals surface area contributed by atoms with E-state index in [0.717, 1.165) is 19.3 Å². The van der Waals surface area contributed by atoms with Crippen LogP contribution in [0, 0.1) is 15.9 Å². The maximum absolute atomic E-state index is 13.6. The highest BCUT2D eigenvalue weighted by molar-refractivity contribution is 5.50. The van der Waals surface area contributed by atoms with E-state index in [1.165, 1.54) is 12.1 Å². The van der Waals surface area contributed by atoms with Gasteiger partial charge in [0.1, 0.15) is 0 Å². The molecule has 0 bridgehead atoms. The molecule has 2 atom stereocenters. The van der Waals surface area contributed by atoms with E-state index < -0.39 is 16.4 Å². The Labute approximate surface area is 117 Å². The van der Waals surface area contributed by atoms with Gasteiger partial charge in [0.05, 0.1) is 10.5 Å². The number of nitro groups is 1. The lowest BCUT2D eigenvalue weighted by atomic mass is 9.90. The molecule has 1 aromatic carbocycles. The fraction of sp³-hybridized carbons (Fsp3) is 0.571. The van der Waals surface area contributed by atoms with Crippen molar-refractivity contribution < 1.29 is 14.1 Å². The van der Waals surface area contributed by atoms with Gasteiger partial charge in [-0.15, -0.1) is 0 Å². The number of hydrogen-bond donors (Lipinski definition) is 1. The third-order valence-corrected chi connectivity index (χ3v) is 3.86. The summed E-state index contributed by atoms with van der Waals surface area (Å²) in [6.07, 6.45) is 2.59. The van der Waals surface area contributed by atoms with Crippen LogP contribution in [-0.4, -0.2) is 23.2 Å². The van der Waals surface area contributed by atoms with Gasteiger partial charge in [0.25, 0.3) is 0 Å². The monoisotopic (exact) mass is 282 g/mol. The molecule has 5 nitrogen and oxygen atoms in total. The van der Waals surface area contributed by atoms with Gasteiger partial charge in [-0.25, -0.2) is 0 Å². The van der Waals surface area contributed by atoms with Gasteiger partial charge in [0.2, 0.25) is 5.82 Å². The Hall–Kier alpha value is -1.69. The summed E-state index contributed by atoms with van der Waals surface area (Å²) >= 11 is 0. The molecular formula is C14H19FN2O3. The Balaban J connectivity index is 2.07. The van der Waals surface area contributed by atoms with Gasteiger partial charge in [-0.3, -0.25) is 10.1 Å². The number of benzene rings is 1. The number of ether oxygens (including phenoxy) is 1. The third-order valence-electron chi connectivity index (χ3n) is 3.86. The fourth-order valence-electron chi connectivity index (χ4n) is 2.48. The van der Waals surface area contributed by atoms with Crippen LogP contribution in [0.3, 0.4) is 0 Å². The maximum Gasteiger partial charge on any atom is 0.304 e. The number of rotatable bonds is 4. The van der Waals surface area contributed by atoms with Crippen LogP contribution in [0.2, 0.25) is 0 Å². The normalized spacial score (nSPS) is 26.2. The number of halogens is 1. The Bertz CT molecular complexity index is 509. The van der Waals surface area contributed by atoms with Gasteiger partial charge in [0, 0.05) is 30.5 Å². The van der Waals surface area contributed by atoms with Crippen molar-refractivity contribution in [2.75, 3.05) is 11.9 Å². The second-order valence-corrected chi connectivity index (χ2v) is 5.41. The van der Waals surface area contributed by atoms with Crippen molar-refractivity contribution in [1.82, 2.24) is 0 Å². The van der Waals surface area contributed by atoms with Crippen molar-refractivity contribution >= 4 is 11.4 Å². The molecule has 6 heteroatoms. The summed E-state index contributed by atoms with van der Waals surface area (Å²) in [6.45, 7) is 4.81. The van der Waals surface area contributed by atoms with E-state index in [1.54, 1.807) is 6.07 Å². The van der Waals surface area contributed by atoms with Crippen molar-refractivity contribution in [1.29, 1.82) is 0 Å². The van der Waals surface area contributed by atoms with Crippen LogP contribution in [0.25, 0.3) is 0 Å². The Morgan fingerprint density at radius 1 is 1.60 bits per heavy atom. The predicted molar refractivity (Wildman–Crippen MR) is 74.3 cm³/mol. The topological polar surface area (TPSA) is 64.4 Å². The molecule has 0 radical (unpaired) electrons. The lowest BCUT2D eigenvalue weighted by molar-refractivity contribution is -0.387. The molecule has 0 spiro atoms.